The number of nitrogens with zero attached hydrogens (tertiary/aromatic N) is 1. The molecule has 21 heavy (non-hydrogen) atoms. The van der Waals surface area contributed by atoms with Crippen molar-refractivity contribution < 1.29 is 21.6 Å². The molecule has 2 saturated heterocycles. The molecule has 0 radical (unpaired) electrons. The summed E-state index contributed by atoms with van der Waals surface area (Å²) < 4.78 is 66.0. The molecular formula is C13H15F3N2O2S. The molecule has 0 aromatic heterocycles. The third kappa shape index (κ3) is 2.45. The molecule has 0 saturated carbocycles. The first-order chi connectivity index (χ1) is 9.91. The van der Waals surface area contributed by atoms with Crippen LogP contribution in [0.25, 0.3) is 0 Å². The molecule has 4 nitrogen and oxygen atoms in total. The fourth-order valence-corrected chi connectivity index (χ4v) is 4.63. The number of hydrogen-bond acceptors (Lipinski definition) is 3. The Morgan fingerprint density at radius 2 is 1.81 bits per heavy atom. The molecule has 0 bridgehead atoms. The van der Waals surface area contributed by atoms with Gasteiger partial charge < -0.3 is 5.32 Å². The van der Waals surface area contributed by atoms with E-state index in [0.717, 1.165) is 23.5 Å². The van der Waals surface area contributed by atoms with Crippen LogP contribution in [0.5, 0.6) is 0 Å². The smallest absolute Gasteiger partial charge is 0.246 e. The number of fused-ring (bicyclic) bond motifs is 1. The normalized spacial score (nSPS) is 26.8. The molecule has 3 rings (SSSR count). The van der Waals surface area contributed by atoms with E-state index in [0.29, 0.717) is 18.4 Å². The highest BCUT2D eigenvalue weighted by Crippen LogP contribution is 2.31. The van der Waals surface area contributed by atoms with Gasteiger partial charge in [-0.25, -0.2) is 21.6 Å². The van der Waals surface area contributed by atoms with Crippen LogP contribution >= 0.6 is 0 Å². The lowest BCUT2D eigenvalue weighted by Crippen LogP contribution is -2.43. The standard InChI is InChI=1S/C13H15F3N2O2S/c14-10-1-2-11(13(16)12(10)15)21(19,20)18-4-3-8-5-17-6-9(8)7-18/h1-2,8-9,17H,3-7H2. The van der Waals surface area contributed by atoms with Gasteiger partial charge in [-0.15, -0.1) is 0 Å². The van der Waals surface area contributed by atoms with Gasteiger partial charge in [-0.1, -0.05) is 0 Å². The summed E-state index contributed by atoms with van der Waals surface area (Å²) in [4.78, 5) is -0.800. The van der Waals surface area contributed by atoms with E-state index in [1.807, 2.05) is 0 Å². The van der Waals surface area contributed by atoms with Crippen molar-refractivity contribution in [3.8, 4) is 0 Å². The molecule has 2 unspecified atom stereocenters. The summed E-state index contributed by atoms with van der Waals surface area (Å²) in [6.45, 7) is 2.12. The van der Waals surface area contributed by atoms with Gasteiger partial charge in [0.15, 0.2) is 17.5 Å². The summed E-state index contributed by atoms with van der Waals surface area (Å²) >= 11 is 0. The molecule has 1 N–H and O–H groups in total. The third-order valence-corrected chi connectivity index (χ3v) is 6.17. The van der Waals surface area contributed by atoms with Gasteiger partial charge in [0, 0.05) is 13.1 Å². The van der Waals surface area contributed by atoms with Gasteiger partial charge in [-0.2, -0.15) is 4.31 Å². The molecule has 116 valence electrons. The van der Waals surface area contributed by atoms with Gasteiger partial charge in [0.25, 0.3) is 0 Å². The van der Waals surface area contributed by atoms with Crippen molar-refractivity contribution in [2.45, 2.75) is 11.3 Å². The number of sulfonamides is 1. The number of rotatable bonds is 2. The molecule has 1 aromatic carbocycles. The van der Waals surface area contributed by atoms with Crippen LogP contribution in [0.2, 0.25) is 0 Å². The molecule has 2 aliphatic rings. The summed E-state index contributed by atoms with van der Waals surface area (Å²) in [5.74, 6) is -4.20. The fraction of sp³-hybridized carbons (Fsp3) is 0.538. The molecule has 2 aliphatic heterocycles. The van der Waals surface area contributed by atoms with Gasteiger partial charge in [-0.3, -0.25) is 0 Å². The van der Waals surface area contributed by atoms with Crippen LogP contribution in [0.3, 0.4) is 0 Å². The summed E-state index contributed by atoms with van der Waals surface area (Å²) in [5, 5.41) is 3.20. The van der Waals surface area contributed by atoms with Crippen molar-refractivity contribution in [1.29, 1.82) is 0 Å². The zero-order chi connectivity index (χ0) is 15.2. The lowest BCUT2D eigenvalue weighted by molar-refractivity contribution is 0.227. The molecule has 0 aliphatic carbocycles. The van der Waals surface area contributed by atoms with Crippen LogP contribution in [0.4, 0.5) is 13.2 Å². The number of nitrogens with one attached hydrogen (secondary N) is 1. The number of benzene rings is 1. The molecule has 2 atom stereocenters. The quantitative estimate of drug-likeness (QED) is 0.837. The minimum Gasteiger partial charge on any atom is -0.316 e. The second-order valence-electron chi connectivity index (χ2n) is 5.50. The molecular weight excluding hydrogens is 305 g/mol. The number of piperidine rings is 1. The van der Waals surface area contributed by atoms with E-state index in [-0.39, 0.29) is 19.0 Å². The summed E-state index contributed by atoms with van der Waals surface area (Å²) in [7, 11) is -4.15. The van der Waals surface area contributed by atoms with E-state index in [2.05, 4.69) is 5.32 Å². The van der Waals surface area contributed by atoms with Crippen molar-refractivity contribution in [2.24, 2.45) is 11.8 Å². The predicted octanol–water partition coefficient (Wildman–Crippen LogP) is 1.33. The summed E-state index contributed by atoms with van der Waals surface area (Å²) in [5.41, 5.74) is 0. The molecule has 0 amide bonds. The Kier molecular flexibility index (Phi) is 3.71. The largest absolute Gasteiger partial charge is 0.316 e. The highest BCUT2D eigenvalue weighted by atomic mass is 32.2. The first-order valence-corrected chi connectivity index (χ1v) is 8.19. The predicted molar refractivity (Wildman–Crippen MR) is 69.5 cm³/mol. The minimum absolute atomic E-state index is 0.182. The second kappa shape index (κ2) is 5.26. The first kappa shape index (κ1) is 14.8. The SMILES string of the molecule is O=S(=O)(c1ccc(F)c(F)c1F)N1CCC2CNCC2C1. The van der Waals surface area contributed by atoms with Gasteiger partial charge in [0.1, 0.15) is 4.90 Å². The van der Waals surface area contributed by atoms with Crippen LogP contribution in [0.1, 0.15) is 6.42 Å². The molecule has 8 heteroatoms. The maximum atomic E-state index is 13.7. The maximum absolute atomic E-state index is 13.7. The van der Waals surface area contributed by atoms with Crippen LogP contribution < -0.4 is 5.32 Å². The van der Waals surface area contributed by atoms with Gasteiger partial charge in [0.2, 0.25) is 10.0 Å². The Balaban J connectivity index is 1.92. The summed E-state index contributed by atoms with van der Waals surface area (Å²) in [6, 6.07) is 1.41. The zero-order valence-electron chi connectivity index (χ0n) is 11.2. The first-order valence-electron chi connectivity index (χ1n) is 6.75. The van der Waals surface area contributed by atoms with E-state index < -0.39 is 32.4 Å². The van der Waals surface area contributed by atoms with Gasteiger partial charge in [-0.05, 0) is 43.5 Å². The van der Waals surface area contributed by atoms with Crippen LogP contribution in [0.15, 0.2) is 17.0 Å². The van der Waals surface area contributed by atoms with Gasteiger partial charge >= 0.3 is 0 Å². The third-order valence-electron chi connectivity index (χ3n) is 4.28. The second-order valence-corrected chi connectivity index (χ2v) is 7.41. The molecule has 2 heterocycles. The average Bonchev–Trinajstić information content (AvgIpc) is 2.92. The fourth-order valence-electron chi connectivity index (χ4n) is 3.07. The van der Waals surface area contributed by atoms with Crippen LogP contribution in [-0.2, 0) is 10.0 Å². The lowest BCUT2D eigenvalue weighted by Gasteiger charge is -2.33. The minimum atomic E-state index is -4.15. The number of hydrogen-bond donors (Lipinski definition) is 1. The van der Waals surface area contributed by atoms with E-state index in [1.165, 1.54) is 0 Å². The van der Waals surface area contributed by atoms with Crippen molar-refractivity contribution in [2.75, 3.05) is 26.2 Å². The van der Waals surface area contributed by atoms with Crippen LogP contribution in [-0.4, -0.2) is 38.9 Å². The van der Waals surface area contributed by atoms with Crippen molar-refractivity contribution in [3.05, 3.63) is 29.6 Å². The lowest BCUT2D eigenvalue weighted by atomic mass is 9.90. The molecule has 1 aromatic rings. The monoisotopic (exact) mass is 320 g/mol. The van der Waals surface area contributed by atoms with Crippen molar-refractivity contribution >= 4 is 10.0 Å². The molecule has 2 fully saturated rings. The highest BCUT2D eigenvalue weighted by molar-refractivity contribution is 7.89. The topological polar surface area (TPSA) is 49.4 Å². The van der Waals surface area contributed by atoms with E-state index >= 15 is 0 Å². The molecule has 0 spiro atoms. The Morgan fingerprint density at radius 1 is 1.10 bits per heavy atom. The highest BCUT2D eigenvalue weighted by Gasteiger charge is 2.39. The van der Waals surface area contributed by atoms with E-state index in [4.69, 9.17) is 0 Å². The van der Waals surface area contributed by atoms with Gasteiger partial charge in [0.05, 0.1) is 0 Å². The Bertz CT molecular complexity index is 666. The van der Waals surface area contributed by atoms with Crippen molar-refractivity contribution in [3.63, 3.8) is 0 Å². The van der Waals surface area contributed by atoms with E-state index in [9.17, 15) is 21.6 Å². The Hall–Kier alpha value is -1.12. The summed E-state index contributed by atoms with van der Waals surface area (Å²) in [6.07, 6.45) is 0.683. The van der Waals surface area contributed by atoms with Crippen LogP contribution in [0, 0.1) is 29.3 Å². The average molecular weight is 320 g/mol. The Morgan fingerprint density at radius 3 is 2.57 bits per heavy atom. The van der Waals surface area contributed by atoms with E-state index in [1.54, 1.807) is 0 Å². The number of halogens is 3. The zero-order valence-corrected chi connectivity index (χ0v) is 12.0. The van der Waals surface area contributed by atoms with Crippen molar-refractivity contribution in [1.82, 2.24) is 9.62 Å². The Labute approximate surface area is 121 Å². The maximum Gasteiger partial charge on any atom is 0.246 e.